The van der Waals surface area contributed by atoms with Crippen LogP contribution < -0.4 is 10.1 Å². The number of nitrogens with one attached hydrogen (secondary N) is 1. The number of rotatable bonds is 9. The van der Waals surface area contributed by atoms with Gasteiger partial charge in [0.05, 0.1) is 12.8 Å². The zero-order valence-corrected chi connectivity index (χ0v) is 12.6. The van der Waals surface area contributed by atoms with Crippen molar-refractivity contribution in [3.63, 3.8) is 0 Å². The Morgan fingerprint density at radius 3 is 2.68 bits per heavy atom. The average molecular weight is 265 g/mol. The molecule has 1 rings (SSSR count). The highest BCUT2D eigenvalue weighted by molar-refractivity contribution is 5.16. The van der Waals surface area contributed by atoms with E-state index in [0.29, 0.717) is 5.88 Å². The molecule has 0 saturated carbocycles. The van der Waals surface area contributed by atoms with Gasteiger partial charge >= 0.3 is 0 Å². The lowest BCUT2D eigenvalue weighted by Gasteiger charge is -2.22. The molecule has 0 aliphatic heterocycles. The molecule has 0 aliphatic carbocycles. The van der Waals surface area contributed by atoms with Crippen LogP contribution in [0.3, 0.4) is 0 Å². The lowest BCUT2D eigenvalue weighted by Crippen LogP contribution is -2.21. The van der Waals surface area contributed by atoms with Crippen LogP contribution in [0.25, 0.3) is 0 Å². The molecule has 1 heterocycles. The first-order chi connectivity index (χ1) is 9.24. The van der Waals surface area contributed by atoms with Gasteiger partial charge in [-0.1, -0.05) is 39.5 Å². The van der Waals surface area contributed by atoms with Crippen molar-refractivity contribution in [2.24, 2.45) is 5.92 Å². The van der Waals surface area contributed by atoms with Gasteiger partial charge in [-0.2, -0.15) is 0 Å². The van der Waals surface area contributed by atoms with Crippen LogP contribution in [0.15, 0.2) is 12.4 Å². The summed E-state index contributed by atoms with van der Waals surface area (Å²) in [6, 6.07) is 2.20. The summed E-state index contributed by atoms with van der Waals surface area (Å²) < 4.78 is 5.17. The fourth-order valence-corrected chi connectivity index (χ4v) is 2.36. The summed E-state index contributed by atoms with van der Waals surface area (Å²) in [5.74, 6) is 1.38. The number of hydrogen-bond donors (Lipinski definition) is 1. The van der Waals surface area contributed by atoms with Crippen LogP contribution in [-0.2, 0) is 0 Å². The van der Waals surface area contributed by atoms with Crippen LogP contribution in [0.1, 0.15) is 57.7 Å². The van der Waals surface area contributed by atoms with Gasteiger partial charge in [-0.05, 0) is 19.4 Å². The summed E-state index contributed by atoms with van der Waals surface area (Å²) in [6.07, 6.45) is 7.79. The number of aromatic nitrogens is 2. The van der Waals surface area contributed by atoms with E-state index < -0.39 is 0 Å². The number of hydrogen-bond acceptors (Lipinski definition) is 4. The molecule has 0 spiro atoms. The summed E-state index contributed by atoms with van der Waals surface area (Å²) in [5, 5.41) is 3.37. The molecular formula is C15H27N3O. The molecular weight excluding hydrogens is 238 g/mol. The van der Waals surface area contributed by atoms with E-state index >= 15 is 0 Å². The standard InChI is InChI=1S/C15H27N3O/c1-5-7-8-12(6-2)9-13(16-3)14-10-15(19-4)18-11-17-14/h10-13,16H,5-9H2,1-4H3. The predicted molar refractivity (Wildman–Crippen MR) is 78.3 cm³/mol. The van der Waals surface area contributed by atoms with Crippen molar-refractivity contribution < 1.29 is 4.74 Å². The Morgan fingerprint density at radius 2 is 2.11 bits per heavy atom. The van der Waals surface area contributed by atoms with E-state index in [-0.39, 0.29) is 6.04 Å². The van der Waals surface area contributed by atoms with Crippen molar-refractivity contribution >= 4 is 0 Å². The molecule has 1 aromatic heterocycles. The van der Waals surface area contributed by atoms with Crippen molar-refractivity contribution in [3.8, 4) is 5.88 Å². The van der Waals surface area contributed by atoms with Gasteiger partial charge in [0.2, 0.25) is 5.88 Å². The molecule has 1 N–H and O–H groups in total. The molecule has 2 atom stereocenters. The maximum atomic E-state index is 5.17. The predicted octanol–water partition coefficient (Wildman–Crippen LogP) is 3.35. The normalized spacial score (nSPS) is 14.1. The third-order valence-corrected chi connectivity index (χ3v) is 3.69. The maximum absolute atomic E-state index is 5.17. The van der Waals surface area contributed by atoms with Crippen molar-refractivity contribution in [3.05, 3.63) is 18.1 Å². The number of methoxy groups -OCH3 is 1. The molecule has 108 valence electrons. The molecule has 19 heavy (non-hydrogen) atoms. The largest absolute Gasteiger partial charge is 0.481 e. The van der Waals surface area contributed by atoms with Crippen molar-refractivity contribution in [2.45, 2.75) is 52.0 Å². The Balaban J connectivity index is 2.69. The molecule has 2 unspecified atom stereocenters. The molecule has 4 heteroatoms. The van der Waals surface area contributed by atoms with Crippen LogP contribution in [0.5, 0.6) is 5.88 Å². The van der Waals surface area contributed by atoms with E-state index in [1.54, 1.807) is 13.4 Å². The van der Waals surface area contributed by atoms with Gasteiger partial charge in [-0.25, -0.2) is 9.97 Å². The topological polar surface area (TPSA) is 47.0 Å². The minimum Gasteiger partial charge on any atom is -0.481 e. The Hall–Kier alpha value is -1.16. The molecule has 1 aromatic rings. The van der Waals surface area contributed by atoms with Gasteiger partial charge in [-0.3, -0.25) is 0 Å². The van der Waals surface area contributed by atoms with E-state index in [0.717, 1.165) is 18.0 Å². The second-order valence-corrected chi connectivity index (χ2v) is 4.98. The summed E-state index contributed by atoms with van der Waals surface area (Å²) in [6.45, 7) is 4.52. The number of unbranched alkanes of at least 4 members (excludes halogenated alkanes) is 1. The maximum Gasteiger partial charge on any atom is 0.216 e. The fraction of sp³-hybridized carbons (Fsp3) is 0.733. The third kappa shape index (κ3) is 5.15. The van der Waals surface area contributed by atoms with E-state index in [2.05, 4.69) is 29.1 Å². The first-order valence-corrected chi connectivity index (χ1v) is 7.28. The number of nitrogens with zero attached hydrogens (tertiary/aromatic N) is 2. The minimum atomic E-state index is 0.277. The first kappa shape index (κ1) is 15.9. The molecule has 0 bridgehead atoms. The zero-order valence-electron chi connectivity index (χ0n) is 12.6. The van der Waals surface area contributed by atoms with Gasteiger partial charge in [0.15, 0.2) is 0 Å². The highest BCUT2D eigenvalue weighted by Crippen LogP contribution is 2.26. The Bertz CT molecular complexity index is 357. The van der Waals surface area contributed by atoms with E-state index in [4.69, 9.17) is 4.74 Å². The first-order valence-electron chi connectivity index (χ1n) is 7.28. The quantitative estimate of drug-likeness (QED) is 0.744. The molecule has 0 saturated heterocycles. The lowest BCUT2D eigenvalue weighted by molar-refractivity contribution is 0.357. The third-order valence-electron chi connectivity index (χ3n) is 3.69. The van der Waals surface area contributed by atoms with E-state index in [1.807, 2.05) is 13.1 Å². The summed E-state index contributed by atoms with van der Waals surface area (Å²) >= 11 is 0. The second kappa shape index (κ2) is 8.86. The molecule has 0 radical (unpaired) electrons. The zero-order chi connectivity index (χ0) is 14.1. The molecule has 4 nitrogen and oxygen atoms in total. The van der Waals surface area contributed by atoms with Crippen LogP contribution in [0.4, 0.5) is 0 Å². The average Bonchev–Trinajstić information content (AvgIpc) is 2.47. The van der Waals surface area contributed by atoms with Gasteiger partial charge in [-0.15, -0.1) is 0 Å². The van der Waals surface area contributed by atoms with Gasteiger partial charge < -0.3 is 10.1 Å². The Kier molecular flexibility index (Phi) is 7.41. The van der Waals surface area contributed by atoms with E-state index in [1.165, 1.54) is 25.7 Å². The Morgan fingerprint density at radius 1 is 1.32 bits per heavy atom. The number of ether oxygens (including phenoxy) is 1. The molecule has 0 aromatic carbocycles. The van der Waals surface area contributed by atoms with Crippen LogP contribution in [0.2, 0.25) is 0 Å². The summed E-state index contributed by atoms with van der Waals surface area (Å²) in [7, 11) is 3.63. The van der Waals surface area contributed by atoms with Gasteiger partial charge in [0.1, 0.15) is 6.33 Å². The highest BCUT2D eigenvalue weighted by atomic mass is 16.5. The lowest BCUT2D eigenvalue weighted by atomic mass is 9.91. The minimum absolute atomic E-state index is 0.277. The summed E-state index contributed by atoms with van der Waals surface area (Å²) in [4.78, 5) is 8.43. The smallest absolute Gasteiger partial charge is 0.216 e. The van der Waals surface area contributed by atoms with Crippen LogP contribution in [-0.4, -0.2) is 24.1 Å². The molecule has 0 fully saturated rings. The Labute approximate surface area is 117 Å². The molecule has 0 amide bonds. The van der Waals surface area contributed by atoms with Crippen LogP contribution in [0, 0.1) is 5.92 Å². The van der Waals surface area contributed by atoms with Crippen molar-refractivity contribution in [2.75, 3.05) is 14.2 Å². The van der Waals surface area contributed by atoms with Gasteiger partial charge in [0, 0.05) is 12.1 Å². The SMILES string of the molecule is CCCCC(CC)CC(NC)c1cc(OC)ncn1. The second-order valence-electron chi connectivity index (χ2n) is 4.98. The van der Waals surface area contributed by atoms with E-state index in [9.17, 15) is 0 Å². The molecule has 0 aliphatic rings. The monoisotopic (exact) mass is 265 g/mol. The highest BCUT2D eigenvalue weighted by Gasteiger charge is 2.17. The van der Waals surface area contributed by atoms with Gasteiger partial charge in [0.25, 0.3) is 0 Å². The van der Waals surface area contributed by atoms with Crippen molar-refractivity contribution in [1.82, 2.24) is 15.3 Å². The summed E-state index contributed by atoms with van der Waals surface area (Å²) in [5.41, 5.74) is 1.02. The van der Waals surface area contributed by atoms with Crippen molar-refractivity contribution in [1.29, 1.82) is 0 Å². The fourth-order valence-electron chi connectivity index (χ4n) is 2.36. The van der Waals surface area contributed by atoms with Crippen LogP contribution >= 0.6 is 0 Å².